The molecule has 106 valence electrons. The number of hydrogen-bond acceptors (Lipinski definition) is 4. The highest BCUT2D eigenvalue weighted by Crippen LogP contribution is 2.30. The van der Waals surface area contributed by atoms with Gasteiger partial charge in [-0.2, -0.15) is 13.2 Å². The van der Waals surface area contributed by atoms with Gasteiger partial charge in [0.25, 0.3) is 5.91 Å². The third-order valence-corrected chi connectivity index (χ3v) is 3.54. The first kappa shape index (κ1) is 14.4. The van der Waals surface area contributed by atoms with E-state index in [-0.39, 0.29) is 5.69 Å². The average Bonchev–Trinajstić information content (AvgIpc) is 2.87. The molecule has 0 unspecified atom stereocenters. The van der Waals surface area contributed by atoms with E-state index in [1.165, 1.54) is 17.5 Å². The molecule has 2 rings (SSSR count). The van der Waals surface area contributed by atoms with Crippen molar-refractivity contribution < 1.29 is 18.0 Å². The Morgan fingerprint density at radius 1 is 1.35 bits per heavy atom. The van der Waals surface area contributed by atoms with Gasteiger partial charge < -0.3 is 5.32 Å². The van der Waals surface area contributed by atoms with Crippen LogP contribution in [-0.2, 0) is 12.6 Å². The van der Waals surface area contributed by atoms with Gasteiger partial charge in [0.2, 0.25) is 0 Å². The summed E-state index contributed by atoms with van der Waals surface area (Å²) in [6.45, 7) is 1.90. The fourth-order valence-electron chi connectivity index (χ4n) is 1.43. The lowest BCUT2D eigenvalue weighted by atomic mass is 10.2. The van der Waals surface area contributed by atoms with Gasteiger partial charge in [-0.25, -0.2) is 4.98 Å². The third-order valence-electron chi connectivity index (χ3n) is 2.40. The normalized spacial score (nSPS) is 11.4. The fraction of sp³-hybridized carbons (Fsp3) is 0.250. The molecule has 8 heteroatoms. The van der Waals surface area contributed by atoms with Crippen LogP contribution in [0, 0.1) is 0 Å². The number of nitrogens with one attached hydrogen (secondary N) is 1. The number of thiazole rings is 1. The van der Waals surface area contributed by atoms with Crippen molar-refractivity contribution >= 4 is 22.9 Å². The molecule has 2 aromatic rings. The number of amides is 1. The highest BCUT2D eigenvalue weighted by Gasteiger charge is 2.31. The number of pyridine rings is 1. The van der Waals surface area contributed by atoms with Gasteiger partial charge in [0.15, 0.2) is 0 Å². The SMILES string of the molecule is CCc1ncc(C(=O)Nc2cncc(C(F)(F)F)c2)s1. The van der Waals surface area contributed by atoms with Crippen LogP contribution in [0.3, 0.4) is 0 Å². The Morgan fingerprint density at radius 3 is 2.70 bits per heavy atom. The van der Waals surface area contributed by atoms with Crippen LogP contribution in [0.15, 0.2) is 24.7 Å². The Balaban J connectivity index is 2.15. The monoisotopic (exact) mass is 301 g/mol. The number of anilines is 1. The minimum Gasteiger partial charge on any atom is -0.320 e. The van der Waals surface area contributed by atoms with Crippen LogP contribution in [0.4, 0.5) is 18.9 Å². The second-order valence-electron chi connectivity index (χ2n) is 3.89. The van der Waals surface area contributed by atoms with Crippen LogP contribution in [0.25, 0.3) is 0 Å². The average molecular weight is 301 g/mol. The second kappa shape index (κ2) is 5.58. The standard InChI is InChI=1S/C12H10F3N3OS/c1-2-10-17-6-9(20-10)11(19)18-8-3-7(4-16-5-8)12(13,14)15/h3-6H,2H2,1H3,(H,18,19). The maximum atomic E-state index is 12.5. The number of aromatic nitrogens is 2. The number of carbonyl (C=O) groups is 1. The van der Waals surface area contributed by atoms with Gasteiger partial charge in [0.1, 0.15) is 4.88 Å². The van der Waals surface area contributed by atoms with E-state index in [9.17, 15) is 18.0 Å². The summed E-state index contributed by atoms with van der Waals surface area (Å²) in [7, 11) is 0. The van der Waals surface area contributed by atoms with Gasteiger partial charge in [0, 0.05) is 6.20 Å². The minimum atomic E-state index is -4.49. The van der Waals surface area contributed by atoms with Crippen LogP contribution in [0.1, 0.15) is 27.2 Å². The van der Waals surface area contributed by atoms with E-state index < -0.39 is 17.6 Å². The molecule has 0 aliphatic heterocycles. The Bertz CT molecular complexity index is 624. The molecule has 0 atom stereocenters. The number of halogens is 3. The molecular weight excluding hydrogens is 291 g/mol. The maximum absolute atomic E-state index is 12.5. The van der Waals surface area contributed by atoms with E-state index >= 15 is 0 Å². The first-order valence-electron chi connectivity index (χ1n) is 5.68. The largest absolute Gasteiger partial charge is 0.417 e. The lowest BCUT2D eigenvalue weighted by molar-refractivity contribution is -0.137. The van der Waals surface area contributed by atoms with E-state index in [0.29, 0.717) is 17.5 Å². The van der Waals surface area contributed by atoms with Gasteiger partial charge in [-0.15, -0.1) is 11.3 Å². The van der Waals surface area contributed by atoms with E-state index in [0.717, 1.165) is 17.3 Å². The lowest BCUT2D eigenvalue weighted by Crippen LogP contribution is -2.12. The first-order chi connectivity index (χ1) is 9.40. The summed E-state index contributed by atoms with van der Waals surface area (Å²) >= 11 is 1.20. The number of hydrogen-bond donors (Lipinski definition) is 1. The van der Waals surface area contributed by atoms with E-state index in [2.05, 4.69) is 15.3 Å². The van der Waals surface area contributed by atoms with Gasteiger partial charge in [-0.3, -0.25) is 9.78 Å². The van der Waals surface area contributed by atoms with E-state index in [1.807, 2.05) is 6.92 Å². The molecule has 1 amide bonds. The molecule has 20 heavy (non-hydrogen) atoms. The quantitative estimate of drug-likeness (QED) is 0.945. The molecule has 0 spiro atoms. The van der Waals surface area contributed by atoms with Crippen LogP contribution < -0.4 is 5.32 Å². The summed E-state index contributed by atoms with van der Waals surface area (Å²) in [6, 6.07) is 0.840. The Kier molecular flexibility index (Phi) is 4.03. The minimum absolute atomic E-state index is 0.00345. The molecule has 0 bridgehead atoms. The van der Waals surface area contributed by atoms with Crippen molar-refractivity contribution in [1.82, 2.24) is 9.97 Å². The lowest BCUT2D eigenvalue weighted by Gasteiger charge is -2.08. The predicted molar refractivity (Wildman–Crippen MR) is 68.7 cm³/mol. The number of carbonyl (C=O) groups excluding carboxylic acids is 1. The van der Waals surface area contributed by atoms with Crippen molar-refractivity contribution in [2.24, 2.45) is 0 Å². The zero-order chi connectivity index (χ0) is 14.8. The molecule has 0 aliphatic rings. The third kappa shape index (κ3) is 3.32. The number of rotatable bonds is 3. The zero-order valence-corrected chi connectivity index (χ0v) is 11.2. The van der Waals surface area contributed by atoms with Gasteiger partial charge in [-0.05, 0) is 12.5 Å². The molecule has 2 heterocycles. The molecular formula is C12H10F3N3OS. The topological polar surface area (TPSA) is 54.9 Å². The molecule has 0 aromatic carbocycles. The summed E-state index contributed by atoms with van der Waals surface area (Å²) < 4.78 is 37.6. The zero-order valence-electron chi connectivity index (χ0n) is 10.4. The first-order valence-corrected chi connectivity index (χ1v) is 6.50. The number of alkyl halides is 3. The Morgan fingerprint density at radius 2 is 2.10 bits per heavy atom. The number of aryl methyl sites for hydroxylation is 1. The van der Waals surface area contributed by atoms with Crippen LogP contribution in [0.2, 0.25) is 0 Å². The molecule has 2 aromatic heterocycles. The van der Waals surface area contributed by atoms with Crippen molar-refractivity contribution in [3.05, 3.63) is 40.1 Å². The molecule has 0 saturated carbocycles. The van der Waals surface area contributed by atoms with E-state index in [1.54, 1.807) is 0 Å². The molecule has 0 aliphatic carbocycles. The molecule has 0 radical (unpaired) electrons. The highest BCUT2D eigenvalue weighted by molar-refractivity contribution is 7.13. The van der Waals surface area contributed by atoms with Crippen LogP contribution >= 0.6 is 11.3 Å². The fourth-order valence-corrected chi connectivity index (χ4v) is 2.19. The highest BCUT2D eigenvalue weighted by atomic mass is 32.1. The van der Waals surface area contributed by atoms with Gasteiger partial charge in [-0.1, -0.05) is 6.92 Å². The second-order valence-corrected chi connectivity index (χ2v) is 5.00. The Labute approximate surface area is 116 Å². The summed E-state index contributed by atoms with van der Waals surface area (Å²) in [5.74, 6) is -0.497. The van der Waals surface area contributed by atoms with Gasteiger partial charge >= 0.3 is 6.18 Å². The molecule has 0 fully saturated rings. The van der Waals surface area contributed by atoms with Crippen molar-refractivity contribution in [2.45, 2.75) is 19.5 Å². The van der Waals surface area contributed by atoms with Crippen LogP contribution in [0.5, 0.6) is 0 Å². The van der Waals surface area contributed by atoms with Crippen molar-refractivity contribution in [3.63, 3.8) is 0 Å². The summed E-state index contributed by atoms with van der Waals surface area (Å²) in [5.41, 5.74) is -0.912. The molecule has 4 nitrogen and oxygen atoms in total. The molecule has 0 saturated heterocycles. The van der Waals surface area contributed by atoms with Crippen molar-refractivity contribution in [2.75, 3.05) is 5.32 Å². The summed E-state index contributed by atoms with van der Waals surface area (Å²) in [5, 5.41) is 3.17. The van der Waals surface area contributed by atoms with Crippen molar-refractivity contribution in [1.29, 1.82) is 0 Å². The summed E-state index contributed by atoms with van der Waals surface area (Å²) in [4.78, 5) is 19.7. The number of nitrogens with zero attached hydrogens (tertiary/aromatic N) is 2. The Hall–Kier alpha value is -1.96. The predicted octanol–water partition coefficient (Wildman–Crippen LogP) is 3.37. The van der Waals surface area contributed by atoms with Crippen molar-refractivity contribution in [3.8, 4) is 0 Å². The van der Waals surface area contributed by atoms with E-state index in [4.69, 9.17) is 0 Å². The molecule has 1 N–H and O–H groups in total. The van der Waals surface area contributed by atoms with Gasteiger partial charge in [0.05, 0.1) is 28.7 Å². The maximum Gasteiger partial charge on any atom is 0.417 e. The summed E-state index contributed by atoms with van der Waals surface area (Å²) in [6.07, 6.45) is -0.525. The smallest absolute Gasteiger partial charge is 0.320 e. The van der Waals surface area contributed by atoms with Crippen LogP contribution in [-0.4, -0.2) is 15.9 Å².